The summed E-state index contributed by atoms with van der Waals surface area (Å²) in [6, 6.07) is 4.92. The highest BCUT2D eigenvalue weighted by Gasteiger charge is 2.25. The smallest absolute Gasteiger partial charge is 0.334 e. The van der Waals surface area contributed by atoms with Crippen LogP contribution in [0.25, 0.3) is 0 Å². The van der Waals surface area contributed by atoms with Crippen molar-refractivity contribution in [2.75, 3.05) is 17.1 Å². The Bertz CT molecular complexity index is 681. The predicted molar refractivity (Wildman–Crippen MR) is 71.1 cm³/mol. The fraction of sp³-hybridized carbons (Fsp3) is 0.455. The van der Waals surface area contributed by atoms with E-state index in [0.717, 1.165) is 12.5 Å². The SMILES string of the molecule is O=S(=O)(CC1CCCO1)Nc1ccccc1S(=O)(=O)F. The van der Waals surface area contributed by atoms with Gasteiger partial charge in [0.1, 0.15) is 4.90 Å². The largest absolute Gasteiger partial charge is 0.377 e. The number of halogens is 1. The Morgan fingerprint density at radius 3 is 2.55 bits per heavy atom. The number of anilines is 1. The van der Waals surface area contributed by atoms with Crippen LogP contribution in [0.4, 0.5) is 9.57 Å². The molecule has 0 aliphatic carbocycles. The lowest BCUT2D eigenvalue weighted by Crippen LogP contribution is -2.26. The predicted octanol–water partition coefficient (Wildman–Crippen LogP) is 1.27. The van der Waals surface area contributed by atoms with E-state index in [-0.39, 0.29) is 11.4 Å². The summed E-state index contributed by atoms with van der Waals surface area (Å²) in [6.45, 7) is 0.510. The van der Waals surface area contributed by atoms with E-state index in [0.29, 0.717) is 13.0 Å². The lowest BCUT2D eigenvalue weighted by Gasteiger charge is -2.13. The summed E-state index contributed by atoms with van der Waals surface area (Å²) >= 11 is 0. The highest BCUT2D eigenvalue weighted by Crippen LogP contribution is 2.24. The first kappa shape index (κ1) is 15.2. The number of hydrogen-bond acceptors (Lipinski definition) is 5. The third-order valence-corrected chi connectivity index (χ3v) is 5.07. The maximum absolute atomic E-state index is 13.1. The minimum atomic E-state index is -4.99. The summed E-state index contributed by atoms with van der Waals surface area (Å²) in [7, 11) is -8.80. The summed E-state index contributed by atoms with van der Waals surface area (Å²) in [5.74, 6) is -0.284. The molecule has 2 rings (SSSR count). The van der Waals surface area contributed by atoms with Crippen LogP contribution in [0.5, 0.6) is 0 Å². The van der Waals surface area contributed by atoms with Crippen molar-refractivity contribution in [1.29, 1.82) is 0 Å². The van der Waals surface area contributed by atoms with Gasteiger partial charge in [0.15, 0.2) is 0 Å². The van der Waals surface area contributed by atoms with Gasteiger partial charge in [-0.15, -0.1) is 3.89 Å². The number of ether oxygens (including phenoxy) is 1. The van der Waals surface area contributed by atoms with E-state index in [1.807, 2.05) is 0 Å². The van der Waals surface area contributed by atoms with E-state index in [1.54, 1.807) is 0 Å². The second kappa shape index (κ2) is 5.66. The van der Waals surface area contributed by atoms with Gasteiger partial charge in [-0.05, 0) is 25.0 Å². The summed E-state index contributed by atoms with van der Waals surface area (Å²) in [4.78, 5) is -0.698. The van der Waals surface area contributed by atoms with Crippen LogP contribution in [0, 0.1) is 0 Å². The zero-order valence-corrected chi connectivity index (χ0v) is 12.1. The fourth-order valence-electron chi connectivity index (χ4n) is 1.99. The van der Waals surface area contributed by atoms with Crippen molar-refractivity contribution < 1.29 is 25.5 Å². The average molecular weight is 323 g/mol. The summed E-state index contributed by atoms with van der Waals surface area (Å²) < 4.78 is 66.1. The molecular formula is C11H14FNO5S2. The molecule has 0 aromatic heterocycles. The first-order valence-electron chi connectivity index (χ1n) is 5.94. The third kappa shape index (κ3) is 3.90. The van der Waals surface area contributed by atoms with Gasteiger partial charge in [-0.25, -0.2) is 8.42 Å². The van der Waals surface area contributed by atoms with E-state index in [4.69, 9.17) is 4.74 Å². The van der Waals surface area contributed by atoms with Gasteiger partial charge >= 0.3 is 10.2 Å². The number of nitrogens with one attached hydrogen (secondary N) is 1. The molecule has 0 bridgehead atoms. The highest BCUT2D eigenvalue weighted by atomic mass is 32.3. The lowest BCUT2D eigenvalue weighted by atomic mass is 10.3. The Morgan fingerprint density at radius 1 is 1.25 bits per heavy atom. The zero-order chi connectivity index (χ0) is 14.8. The minimum Gasteiger partial charge on any atom is -0.377 e. The molecule has 1 aromatic carbocycles. The molecule has 1 aliphatic rings. The van der Waals surface area contributed by atoms with Crippen LogP contribution in [0.2, 0.25) is 0 Å². The number of sulfonamides is 1. The van der Waals surface area contributed by atoms with Gasteiger partial charge in [-0.3, -0.25) is 4.72 Å². The van der Waals surface area contributed by atoms with Crippen molar-refractivity contribution in [3.8, 4) is 0 Å². The monoisotopic (exact) mass is 323 g/mol. The summed E-state index contributed by atoms with van der Waals surface area (Å²) in [5.41, 5.74) is -0.298. The third-order valence-electron chi connectivity index (χ3n) is 2.84. The quantitative estimate of drug-likeness (QED) is 0.824. The van der Waals surface area contributed by atoms with Gasteiger partial charge in [-0.2, -0.15) is 8.42 Å². The van der Waals surface area contributed by atoms with E-state index < -0.39 is 31.2 Å². The molecule has 1 atom stereocenters. The molecule has 1 aromatic rings. The van der Waals surface area contributed by atoms with Crippen LogP contribution >= 0.6 is 0 Å². The molecule has 9 heteroatoms. The fourth-order valence-corrected chi connectivity index (χ4v) is 4.03. The van der Waals surface area contributed by atoms with Gasteiger partial charge < -0.3 is 4.74 Å². The molecule has 6 nitrogen and oxygen atoms in total. The van der Waals surface area contributed by atoms with Crippen LogP contribution in [0.3, 0.4) is 0 Å². The molecule has 112 valence electrons. The van der Waals surface area contributed by atoms with Gasteiger partial charge in [0.05, 0.1) is 17.5 Å². The molecule has 20 heavy (non-hydrogen) atoms. The second-order valence-corrected chi connectivity index (χ2v) is 7.53. The first-order valence-corrected chi connectivity index (χ1v) is 8.97. The molecule has 0 saturated carbocycles. The van der Waals surface area contributed by atoms with Crippen LogP contribution in [0.1, 0.15) is 12.8 Å². The van der Waals surface area contributed by atoms with Crippen molar-refractivity contribution in [3.63, 3.8) is 0 Å². The lowest BCUT2D eigenvalue weighted by molar-refractivity contribution is 0.127. The molecule has 0 radical (unpaired) electrons. The van der Waals surface area contributed by atoms with E-state index in [9.17, 15) is 20.7 Å². The molecule has 1 aliphatic heterocycles. The van der Waals surface area contributed by atoms with E-state index in [2.05, 4.69) is 4.72 Å². The topological polar surface area (TPSA) is 89.5 Å². The minimum absolute atomic E-state index is 0.284. The van der Waals surface area contributed by atoms with Gasteiger partial charge in [0.25, 0.3) is 0 Å². The van der Waals surface area contributed by atoms with Crippen LogP contribution in [-0.4, -0.2) is 35.3 Å². The molecule has 1 fully saturated rings. The van der Waals surface area contributed by atoms with Gasteiger partial charge in [0, 0.05) is 6.61 Å². The number of rotatable bonds is 5. The maximum Gasteiger partial charge on any atom is 0.334 e. The van der Waals surface area contributed by atoms with Crippen molar-refractivity contribution in [2.24, 2.45) is 0 Å². The number of hydrogen-bond donors (Lipinski definition) is 1. The first-order chi connectivity index (χ1) is 9.28. The number of benzene rings is 1. The zero-order valence-electron chi connectivity index (χ0n) is 10.5. The molecule has 1 saturated heterocycles. The average Bonchev–Trinajstić information content (AvgIpc) is 2.79. The van der Waals surface area contributed by atoms with E-state index >= 15 is 0 Å². The molecule has 1 heterocycles. The van der Waals surface area contributed by atoms with E-state index in [1.165, 1.54) is 18.2 Å². The second-order valence-electron chi connectivity index (χ2n) is 4.45. The Balaban J connectivity index is 2.21. The summed E-state index contributed by atoms with van der Waals surface area (Å²) in [6.07, 6.45) is 1.00. The van der Waals surface area contributed by atoms with Crippen LogP contribution in [0.15, 0.2) is 29.2 Å². The maximum atomic E-state index is 13.1. The van der Waals surface area contributed by atoms with Gasteiger partial charge in [-0.1, -0.05) is 12.1 Å². The standard InChI is InChI=1S/C11H14FNO5S2/c12-20(16,17)11-6-2-1-5-10(11)13-19(14,15)8-9-4-3-7-18-9/h1-2,5-6,9,13H,3-4,7-8H2. The van der Waals surface area contributed by atoms with Gasteiger partial charge in [0.2, 0.25) is 10.0 Å². The highest BCUT2D eigenvalue weighted by molar-refractivity contribution is 7.92. The Kier molecular flexibility index (Phi) is 4.31. The van der Waals surface area contributed by atoms with Crippen LogP contribution in [-0.2, 0) is 25.0 Å². The molecule has 1 N–H and O–H groups in total. The Morgan fingerprint density at radius 2 is 1.95 bits per heavy atom. The Labute approximate surface area is 117 Å². The number of para-hydroxylation sites is 1. The van der Waals surface area contributed by atoms with Crippen molar-refractivity contribution in [2.45, 2.75) is 23.8 Å². The summed E-state index contributed by atoms with van der Waals surface area (Å²) in [5, 5.41) is 0. The molecule has 0 spiro atoms. The van der Waals surface area contributed by atoms with Crippen molar-refractivity contribution >= 4 is 25.9 Å². The van der Waals surface area contributed by atoms with Crippen molar-refractivity contribution in [1.82, 2.24) is 0 Å². The molecular weight excluding hydrogens is 309 g/mol. The molecule has 1 unspecified atom stereocenters. The molecule has 0 amide bonds. The Hall–Kier alpha value is -1.19. The van der Waals surface area contributed by atoms with Crippen LogP contribution < -0.4 is 4.72 Å². The normalized spacial score (nSPS) is 19.9. The van der Waals surface area contributed by atoms with Crippen molar-refractivity contribution in [3.05, 3.63) is 24.3 Å².